The summed E-state index contributed by atoms with van der Waals surface area (Å²) in [6.45, 7) is 2.45. The number of rotatable bonds is 4. The smallest absolute Gasteiger partial charge is 0.261 e. The molecule has 0 radical (unpaired) electrons. The van der Waals surface area contributed by atoms with E-state index in [1.54, 1.807) is 11.3 Å². The molecule has 1 aromatic heterocycles. The highest BCUT2D eigenvalue weighted by Gasteiger charge is 2.60. The molecule has 2 bridgehead atoms. The summed E-state index contributed by atoms with van der Waals surface area (Å²) >= 11 is 1.59. The zero-order valence-electron chi connectivity index (χ0n) is 14.9. The second-order valence-electron chi connectivity index (χ2n) is 8.51. The normalized spacial score (nSPS) is 31.3. The van der Waals surface area contributed by atoms with Crippen LogP contribution < -0.4 is 10.1 Å². The molecule has 0 unspecified atom stereocenters. The number of fused-ring (bicyclic) bond motifs is 3. The Morgan fingerprint density at radius 1 is 1.15 bits per heavy atom. The van der Waals surface area contributed by atoms with E-state index < -0.39 is 0 Å². The van der Waals surface area contributed by atoms with Gasteiger partial charge < -0.3 is 10.1 Å². The van der Waals surface area contributed by atoms with E-state index in [9.17, 15) is 4.79 Å². The molecule has 5 aliphatic rings. The van der Waals surface area contributed by atoms with Crippen LogP contribution in [-0.4, -0.2) is 41.6 Å². The van der Waals surface area contributed by atoms with Crippen molar-refractivity contribution < 1.29 is 9.53 Å². The highest BCUT2D eigenvalue weighted by molar-refractivity contribution is 7.20. The maximum absolute atomic E-state index is 13.0. The molecule has 1 amide bonds. The fraction of sp³-hybridized carbons (Fsp3) is 0.571. The Labute approximate surface area is 157 Å². The van der Waals surface area contributed by atoms with Gasteiger partial charge in [-0.05, 0) is 87.2 Å². The molecule has 136 valence electrons. The Hall–Kier alpha value is -1.59. The number of thiophene rings is 1. The molecule has 1 spiro atoms. The lowest BCUT2D eigenvalue weighted by Gasteiger charge is -2.52. The van der Waals surface area contributed by atoms with Gasteiger partial charge in [-0.15, -0.1) is 11.3 Å². The quantitative estimate of drug-likeness (QED) is 0.892. The van der Waals surface area contributed by atoms with Crippen LogP contribution in [0.5, 0.6) is 5.75 Å². The van der Waals surface area contributed by atoms with Gasteiger partial charge in [0.05, 0.1) is 17.0 Å². The Morgan fingerprint density at radius 3 is 2.69 bits per heavy atom. The third-order valence-electron chi connectivity index (χ3n) is 6.81. The van der Waals surface area contributed by atoms with Gasteiger partial charge in [0.1, 0.15) is 5.75 Å². The number of hydrogen-bond donors (Lipinski definition) is 1. The molecule has 2 aliphatic carbocycles. The van der Waals surface area contributed by atoms with Gasteiger partial charge in [0.25, 0.3) is 5.91 Å². The number of nitrogens with one attached hydrogen (secondary N) is 1. The van der Waals surface area contributed by atoms with Crippen molar-refractivity contribution in [2.75, 3.05) is 13.1 Å². The third kappa shape index (κ3) is 2.40. The predicted molar refractivity (Wildman–Crippen MR) is 103 cm³/mol. The summed E-state index contributed by atoms with van der Waals surface area (Å²) in [6, 6.07) is 8.58. The van der Waals surface area contributed by atoms with Gasteiger partial charge in [0, 0.05) is 10.2 Å². The third-order valence-corrected chi connectivity index (χ3v) is 7.91. The topological polar surface area (TPSA) is 41.6 Å². The molecule has 1 atom stereocenters. The fourth-order valence-corrected chi connectivity index (χ4v) is 6.10. The van der Waals surface area contributed by atoms with E-state index in [0.717, 1.165) is 33.6 Å². The number of piperidine rings is 3. The van der Waals surface area contributed by atoms with Crippen LogP contribution in [0.3, 0.4) is 0 Å². The van der Waals surface area contributed by atoms with Crippen LogP contribution in [0.4, 0.5) is 0 Å². The Kier molecular flexibility index (Phi) is 3.25. The first-order chi connectivity index (χ1) is 12.7. The molecule has 3 aliphatic heterocycles. The first-order valence-electron chi connectivity index (χ1n) is 9.97. The number of benzene rings is 1. The van der Waals surface area contributed by atoms with Gasteiger partial charge in [-0.2, -0.15) is 0 Å². The van der Waals surface area contributed by atoms with Crippen LogP contribution in [-0.2, 0) is 0 Å². The SMILES string of the molecule is O=C(N[C@H]1C2CCN(CC2)C12CC2)c1cc2ccc(OC3CC3)cc2s1. The Balaban J connectivity index is 1.24. The summed E-state index contributed by atoms with van der Waals surface area (Å²) in [5.41, 5.74) is 0.290. The monoisotopic (exact) mass is 368 g/mol. The lowest BCUT2D eigenvalue weighted by Crippen LogP contribution is -2.65. The first-order valence-corrected chi connectivity index (χ1v) is 10.8. The standard InChI is InChI=1S/C21H24N2O2S/c24-20(22-19-13-5-9-23(10-6-13)21(19)7-8-21)18-11-14-1-2-16(12-17(14)26-18)25-15-3-4-15/h1-2,11-13,15,19H,3-10H2,(H,22,24)/t19-/m0/s1. The highest BCUT2D eigenvalue weighted by atomic mass is 32.1. The molecule has 1 aromatic carbocycles. The number of amides is 1. The molecule has 1 N–H and O–H groups in total. The minimum Gasteiger partial charge on any atom is -0.490 e. The molecule has 3 saturated heterocycles. The van der Waals surface area contributed by atoms with Crippen LogP contribution >= 0.6 is 11.3 Å². The van der Waals surface area contributed by atoms with Crippen molar-refractivity contribution in [2.45, 2.75) is 56.2 Å². The minimum atomic E-state index is 0.112. The first kappa shape index (κ1) is 15.5. The van der Waals surface area contributed by atoms with E-state index in [-0.39, 0.29) is 5.91 Å². The molecule has 4 nitrogen and oxygen atoms in total. The molecule has 2 saturated carbocycles. The zero-order chi connectivity index (χ0) is 17.3. The van der Waals surface area contributed by atoms with Crippen LogP contribution in [0.25, 0.3) is 10.1 Å². The molecule has 5 heteroatoms. The van der Waals surface area contributed by atoms with Crippen molar-refractivity contribution >= 4 is 27.3 Å². The van der Waals surface area contributed by atoms with Gasteiger partial charge in [0.2, 0.25) is 0 Å². The second-order valence-corrected chi connectivity index (χ2v) is 9.59. The van der Waals surface area contributed by atoms with E-state index in [2.05, 4.69) is 22.3 Å². The van der Waals surface area contributed by atoms with E-state index in [4.69, 9.17) is 4.74 Å². The number of hydrogen-bond acceptors (Lipinski definition) is 4. The minimum absolute atomic E-state index is 0.112. The maximum atomic E-state index is 13.0. The summed E-state index contributed by atoms with van der Waals surface area (Å²) in [5.74, 6) is 1.71. The molecule has 4 heterocycles. The van der Waals surface area contributed by atoms with Gasteiger partial charge in [0.15, 0.2) is 0 Å². The van der Waals surface area contributed by atoms with E-state index in [1.165, 1.54) is 38.8 Å². The van der Waals surface area contributed by atoms with E-state index in [0.29, 0.717) is 23.6 Å². The zero-order valence-corrected chi connectivity index (χ0v) is 15.7. The van der Waals surface area contributed by atoms with Crippen LogP contribution in [0, 0.1) is 5.92 Å². The molecule has 26 heavy (non-hydrogen) atoms. The van der Waals surface area contributed by atoms with Crippen LogP contribution in [0.1, 0.15) is 48.2 Å². The maximum Gasteiger partial charge on any atom is 0.261 e. The summed E-state index contributed by atoms with van der Waals surface area (Å²) in [5, 5.41) is 4.57. The van der Waals surface area contributed by atoms with Gasteiger partial charge in [-0.25, -0.2) is 0 Å². The number of carbonyl (C=O) groups is 1. The van der Waals surface area contributed by atoms with Crippen molar-refractivity contribution in [1.29, 1.82) is 0 Å². The van der Waals surface area contributed by atoms with Crippen molar-refractivity contribution in [3.05, 3.63) is 29.1 Å². The van der Waals surface area contributed by atoms with Crippen molar-refractivity contribution in [3.63, 3.8) is 0 Å². The lowest BCUT2D eigenvalue weighted by molar-refractivity contribution is -0.00138. The van der Waals surface area contributed by atoms with Gasteiger partial charge in [-0.3, -0.25) is 9.69 Å². The summed E-state index contributed by atoms with van der Waals surface area (Å²) in [4.78, 5) is 16.5. The fourth-order valence-electron chi connectivity index (χ4n) is 5.11. The number of carbonyl (C=O) groups excluding carboxylic acids is 1. The predicted octanol–water partition coefficient (Wildman–Crippen LogP) is 3.80. The van der Waals surface area contributed by atoms with Crippen LogP contribution in [0.2, 0.25) is 0 Å². The molecule has 7 rings (SSSR count). The highest BCUT2D eigenvalue weighted by Crippen LogP contribution is 2.53. The van der Waals surface area contributed by atoms with E-state index >= 15 is 0 Å². The number of ether oxygens (including phenoxy) is 1. The Morgan fingerprint density at radius 2 is 1.96 bits per heavy atom. The van der Waals surface area contributed by atoms with Crippen LogP contribution in [0.15, 0.2) is 24.3 Å². The van der Waals surface area contributed by atoms with Crippen molar-refractivity contribution in [1.82, 2.24) is 10.2 Å². The largest absolute Gasteiger partial charge is 0.490 e. The Bertz CT molecular complexity index is 875. The number of nitrogens with zero attached hydrogens (tertiary/aromatic N) is 1. The van der Waals surface area contributed by atoms with Gasteiger partial charge in [-0.1, -0.05) is 0 Å². The van der Waals surface area contributed by atoms with Gasteiger partial charge >= 0.3 is 0 Å². The summed E-state index contributed by atoms with van der Waals surface area (Å²) < 4.78 is 7.04. The molecule has 5 fully saturated rings. The second kappa shape index (κ2) is 5.46. The summed E-state index contributed by atoms with van der Waals surface area (Å²) in [7, 11) is 0. The van der Waals surface area contributed by atoms with Crippen molar-refractivity contribution in [3.8, 4) is 5.75 Å². The lowest BCUT2D eigenvalue weighted by atomic mass is 9.77. The average Bonchev–Trinajstić information content (AvgIpc) is 3.58. The summed E-state index contributed by atoms with van der Waals surface area (Å²) in [6.07, 6.45) is 7.71. The van der Waals surface area contributed by atoms with Crippen molar-refractivity contribution in [2.24, 2.45) is 5.92 Å². The van der Waals surface area contributed by atoms with E-state index in [1.807, 2.05) is 12.1 Å². The average molecular weight is 369 g/mol. The molecular formula is C21H24N2O2S. The molecule has 2 aromatic rings. The molecular weight excluding hydrogens is 344 g/mol.